The highest BCUT2D eigenvalue weighted by molar-refractivity contribution is 5.91. The predicted molar refractivity (Wildman–Crippen MR) is 103 cm³/mol. The lowest BCUT2D eigenvalue weighted by atomic mass is 9.96. The third-order valence-corrected chi connectivity index (χ3v) is 4.68. The number of nitrogens with one attached hydrogen (secondary N) is 3. The predicted octanol–water partition coefficient (Wildman–Crippen LogP) is 2.22. The van der Waals surface area contributed by atoms with E-state index in [4.69, 9.17) is 5.11 Å². The zero-order valence-corrected chi connectivity index (χ0v) is 15.7. The summed E-state index contributed by atoms with van der Waals surface area (Å²) in [7, 11) is 1.52. The van der Waals surface area contributed by atoms with E-state index < -0.39 is 17.9 Å². The van der Waals surface area contributed by atoms with Crippen LogP contribution in [0.1, 0.15) is 38.2 Å². The first kappa shape index (κ1) is 20.5. The van der Waals surface area contributed by atoms with Crippen LogP contribution in [0.5, 0.6) is 0 Å². The number of hydrogen-bond donors (Lipinski definition) is 4. The molecule has 0 bridgehead atoms. The second-order valence-electron chi connectivity index (χ2n) is 6.68. The summed E-state index contributed by atoms with van der Waals surface area (Å²) < 4.78 is 0. The molecule has 0 fully saturated rings. The number of H-pyrrole nitrogens is 1. The Morgan fingerprint density at radius 3 is 2.59 bits per heavy atom. The highest BCUT2D eigenvalue weighted by Crippen LogP contribution is 2.20. The fourth-order valence-electron chi connectivity index (χ4n) is 3.18. The van der Waals surface area contributed by atoms with Crippen LogP contribution in [0.3, 0.4) is 0 Å². The maximum absolute atomic E-state index is 12.6. The number of carboxylic acid groups (broad SMARTS) is 1. The average Bonchev–Trinajstić information content (AvgIpc) is 3.06. The van der Waals surface area contributed by atoms with Gasteiger partial charge >= 0.3 is 5.97 Å². The lowest BCUT2D eigenvalue weighted by molar-refractivity contribution is -0.141. The van der Waals surface area contributed by atoms with Crippen LogP contribution in [0.4, 0.5) is 0 Å². The van der Waals surface area contributed by atoms with Gasteiger partial charge in [0.2, 0.25) is 11.8 Å². The maximum atomic E-state index is 12.6. The van der Waals surface area contributed by atoms with Crippen LogP contribution in [0.15, 0.2) is 30.5 Å². The number of rotatable bonds is 10. The Bertz CT molecular complexity index is 799. The van der Waals surface area contributed by atoms with Gasteiger partial charge < -0.3 is 20.7 Å². The number of para-hydroxylation sites is 1. The van der Waals surface area contributed by atoms with Gasteiger partial charge in [-0.25, -0.2) is 0 Å². The second kappa shape index (κ2) is 9.75. The number of hydrogen-bond acceptors (Lipinski definition) is 3. The number of likely N-dealkylation sites (N-methyl/N-ethyl adjacent to an activating group) is 1. The molecule has 2 aromatic rings. The SMILES string of the molecule is CCCC[C@H](CC(=O)O)C(=O)N[C@@H](Cc1c[nH]c2ccccc12)C(=O)NC. The number of carbonyl (C=O) groups excluding carboxylic acids is 2. The fraction of sp³-hybridized carbons (Fsp3) is 0.450. The molecule has 7 heteroatoms. The number of aromatic nitrogens is 1. The van der Waals surface area contributed by atoms with Crippen LogP contribution >= 0.6 is 0 Å². The van der Waals surface area contributed by atoms with Crippen molar-refractivity contribution in [2.24, 2.45) is 5.92 Å². The van der Waals surface area contributed by atoms with Gasteiger partial charge in [-0.05, 0) is 18.1 Å². The van der Waals surface area contributed by atoms with Crippen molar-refractivity contribution in [1.82, 2.24) is 15.6 Å². The molecule has 1 heterocycles. The molecule has 0 aliphatic rings. The molecule has 2 atom stereocenters. The lowest BCUT2D eigenvalue weighted by Crippen LogP contribution is -2.49. The number of unbranched alkanes of at least 4 members (excludes halogenated alkanes) is 1. The number of fused-ring (bicyclic) bond motifs is 1. The fourth-order valence-corrected chi connectivity index (χ4v) is 3.18. The van der Waals surface area contributed by atoms with Crippen LogP contribution in [0.25, 0.3) is 10.9 Å². The lowest BCUT2D eigenvalue weighted by Gasteiger charge is -2.21. The molecule has 7 nitrogen and oxygen atoms in total. The first-order valence-corrected chi connectivity index (χ1v) is 9.25. The van der Waals surface area contributed by atoms with E-state index in [0.717, 1.165) is 29.3 Å². The van der Waals surface area contributed by atoms with E-state index >= 15 is 0 Å². The Morgan fingerprint density at radius 1 is 1.19 bits per heavy atom. The maximum Gasteiger partial charge on any atom is 0.304 e. The average molecular weight is 373 g/mol. The first-order valence-electron chi connectivity index (χ1n) is 9.25. The van der Waals surface area contributed by atoms with Crippen molar-refractivity contribution in [3.05, 3.63) is 36.0 Å². The minimum Gasteiger partial charge on any atom is -0.481 e. The van der Waals surface area contributed by atoms with Crippen molar-refractivity contribution >= 4 is 28.7 Å². The molecule has 0 radical (unpaired) electrons. The summed E-state index contributed by atoms with van der Waals surface area (Å²) in [6.45, 7) is 1.99. The summed E-state index contributed by atoms with van der Waals surface area (Å²) in [6.07, 6.45) is 4.04. The molecule has 1 aromatic carbocycles. The Kier molecular flexibility index (Phi) is 7.40. The van der Waals surface area contributed by atoms with Gasteiger partial charge in [0.15, 0.2) is 0 Å². The summed E-state index contributed by atoms with van der Waals surface area (Å²) in [5.74, 6) is -2.35. The highest BCUT2D eigenvalue weighted by Gasteiger charge is 2.27. The number of carbonyl (C=O) groups is 3. The molecule has 0 aliphatic heterocycles. The summed E-state index contributed by atoms with van der Waals surface area (Å²) >= 11 is 0. The van der Waals surface area contributed by atoms with Gasteiger partial charge in [0.1, 0.15) is 6.04 Å². The van der Waals surface area contributed by atoms with Crippen LogP contribution < -0.4 is 10.6 Å². The molecule has 0 unspecified atom stereocenters. The summed E-state index contributed by atoms with van der Waals surface area (Å²) in [4.78, 5) is 39.2. The van der Waals surface area contributed by atoms with Crippen LogP contribution in [-0.4, -0.2) is 41.0 Å². The number of benzene rings is 1. The Hall–Kier alpha value is -2.83. The van der Waals surface area contributed by atoms with Crippen molar-refractivity contribution in [3.63, 3.8) is 0 Å². The number of aliphatic carboxylic acids is 1. The third kappa shape index (κ3) is 5.57. The summed E-state index contributed by atoms with van der Waals surface area (Å²) in [5, 5.41) is 15.4. The van der Waals surface area contributed by atoms with E-state index in [1.807, 2.05) is 37.4 Å². The van der Waals surface area contributed by atoms with E-state index in [2.05, 4.69) is 15.6 Å². The van der Waals surface area contributed by atoms with Crippen molar-refractivity contribution in [1.29, 1.82) is 0 Å². The van der Waals surface area contributed by atoms with Gasteiger partial charge in [-0.2, -0.15) is 0 Å². The Morgan fingerprint density at radius 2 is 1.93 bits per heavy atom. The van der Waals surface area contributed by atoms with Gasteiger partial charge in [-0.1, -0.05) is 38.0 Å². The minimum atomic E-state index is -1.01. The van der Waals surface area contributed by atoms with Gasteiger partial charge in [0, 0.05) is 36.5 Å². The van der Waals surface area contributed by atoms with Crippen LogP contribution in [0, 0.1) is 5.92 Å². The van der Waals surface area contributed by atoms with Gasteiger partial charge in [0.25, 0.3) is 0 Å². The first-order chi connectivity index (χ1) is 13.0. The Balaban J connectivity index is 2.16. The van der Waals surface area contributed by atoms with Crippen molar-refractivity contribution in [3.8, 4) is 0 Å². The third-order valence-electron chi connectivity index (χ3n) is 4.68. The zero-order chi connectivity index (χ0) is 19.8. The molecule has 0 saturated carbocycles. The molecule has 0 spiro atoms. The normalized spacial score (nSPS) is 13.1. The van der Waals surface area contributed by atoms with Crippen molar-refractivity contribution in [2.75, 3.05) is 7.05 Å². The molecule has 27 heavy (non-hydrogen) atoms. The largest absolute Gasteiger partial charge is 0.481 e. The molecule has 0 saturated heterocycles. The number of aromatic amines is 1. The van der Waals surface area contributed by atoms with E-state index in [0.29, 0.717) is 12.8 Å². The smallest absolute Gasteiger partial charge is 0.304 e. The molecular formula is C20H27N3O4. The molecule has 1 aromatic heterocycles. The molecule has 146 valence electrons. The van der Waals surface area contributed by atoms with Crippen LogP contribution in [-0.2, 0) is 20.8 Å². The quantitative estimate of drug-likeness (QED) is 0.512. The monoisotopic (exact) mass is 373 g/mol. The van der Waals surface area contributed by atoms with E-state index in [1.54, 1.807) is 0 Å². The van der Waals surface area contributed by atoms with Crippen LogP contribution in [0.2, 0.25) is 0 Å². The molecule has 4 N–H and O–H groups in total. The number of amides is 2. The number of carboxylic acids is 1. The topological polar surface area (TPSA) is 111 Å². The standard InChI is InChI=1S/C20H27N3O4/c1-3-4-7-13(11-18(24)25)19(26)23-17(20(27)21-2)10-14-12-22-16-9-6-5-8-15(14)16/h5-6,8-9,12-13,17,22H,3-4,7,10-11H2,1-2H3,(H,21,27)(H,23,26)(H,24,25)/t13-,17+/m1/s1. The van der Waals surface area contributed by atoms with E-state index in [-0.39, 0.29) is 18.2 Å². The van der Waals surface area contributed by atoms with Gasteiger partial charge in [-0.3, -0.25) is 14.4 Å². The summed E-state index contributed by atoms with van der Waals surface area (Å²) in [6, 6.07) is 6.98. The molecule has 0 aliphatic carbocycles. The molecule has 2 amide bonds. The Labute approximate surface area is 158 Å². The molecule has 2 rings (SSSR count). The van der Waals surface area contributed by atoms with E-state index in [9.17, 15) is 14.4 Å². The van der Waals surface area contributed by atoms with Gasteiger partial charge in [0.05, 0.1) is 6.42 Å². The zero-order valence-electron chi connectivity index (χ0n) is 15.7. The highest BCUT2D eigenvalue weighted by atomic mass is 16.4. The van der Waals surface area contributed by atoms with E-state index in [1.165, 1.54) is 7.05 Å². The van der Waals surface area contributed by atoms with Crippen molar-refractivity contribution in [2.45, 2.75) is 45.1 Å². The molecular weight excluding hydrogens is 346 g/mol. The second-order valence-corrected chi connectivity index (χ2v) is 6.68. The minimum absolute atomic E-state index is 0.237. The van der Waals surface area contributed by atoms with Crippen molar-refractivity contribution < 1.29 is 19.5 Å². The summed E-state index contributed by atoms with van der Waals surface area (Å²) in [5.41, 5.74) is 1.88. The van der Waals surface area contributed by atoms with Gasteiger partial charge in [-0.15, -0.1) is 0 Å².